The maximum Gasteiger partial charge on any atom is 0.331 e. The Balaban J connectivity index is 1.97. The van der Waals surface area contributed by atoms with Crippen LogP contribution in [0.5, 0.6) is 5.75 Å². The molecule has 26 heavy (non-hydrogen) atoms. The van der Waals surface area contributed by atoms with Crippen LogP contribution in [-0.2, 0) is 0 Å². The zero-order valence-corrected chi connectivity index (χ0v) is 15.3. The molecule has 5 nitrogen and oxygen atoms in total. The summed E-state index contributed by atoms with van der Waals surface area (Å²) in [7, 11) is 1.56. The number of nitrogens with zero attached hydrogens (tertiary/aromatic N) is 2. The van der Waals surface area contributed by atoms with Crippen LogP contribution in [0.2, 0.25) is 0 Å². The number of ether oxygens (including phenoxy) is 1. The molecule has 0 radical (unpaired) electrons. The first-order valence-electron chi connectivity index (χ1n) is 8.94. The highest BCUT2D eigenvalue weighted by Crippen LogP contribution is 2.23. The van der Waals surface area contributed by atoms with Gasteiger partial charge in [-0.3, -0.25) is 4.79 Å². The second-order valence-corrected chi connectivity index (χ2v) is 6.54. The molecule has 0 bridgehead atoms. The van der Waals surface area contributed by atoms with E-state index < -0.39 is 0 Å². The van der Waals surface area contributed by atoms with E-state index >= 15 is 0 Å². The van der Waals surface area contributed by atoms with Gasteiger partial charge in [-0.15, -0.1) is 0 Å². The van der Waals surface area contributed by atoms with Crippen molar-refractivity contribution in [3.05, 3.63) is 59.7 Å². The fourth-order valence-corrected chi connectivity index (χ4v) is 3.12. The Morgan fingerprint density at radius 3 is 2.35 bits per heavy atom. The number of imide groups is 1. The molecule has 0 saturated carbocycles. The predicted octanol–water partition coefficient (Wildman–Crippen LogP) is 4.26. The van der Waals surface area contributed by atoms with Crippen LogP contribution in [0.4, 0.5) is 10.5 Å². The second-order valence-electron chi connectivity index (χ2n) is 6.54. The van der Waals surface area contributed by atoms with E-state index in [1.54, 1.807) is 36.3 Å². The molecule has 0 aromatic heterocycles. The van der Waals surface area contributed by atoms with E-state index in [9.17, 15) is 9.59 Å². The minimum absolute atomic E-state index is 0.263. The van der Waals surface area contributed by atoms with Gasteiger partial charge in [0.25, 0.3) is 5.91 Å². The van der Waals surface area contributed by atoms with Crippen LogP contribution in [0.3, 0.4) is 0 Å². The standard InChI is InChI=1S/C21H24N2O3/c1-16-9-11-18(12-10-16)23(21(25)22-13-4-3-5-14-22)20(24)17-7-6-8-19(15-17)26-2/h6-12,15H,3-5,13-14H2,1-2H3. The monoisotopic (exact) mass is 352 g/mol. The van der Waals surface area contributed by atoms with Gasteiger partial charge in [0.15, 0.2) is 0 Å². The first kappa shape index (κ1) is 18.0. The molecule has 1 aliphatic heterocycles. The third-order valence-electron chi connectivity index (χ3n) is 4.63. The van der Waals surface area contributed by atoms with E-state index in [4.69, 9.17) is 4.74 Å². The lowest BCUT2D eigenvalue weighted by Gasteiger charge is -2.32. The van der Waals surface area contributed by atoms with Crippen molar-refractivity contribution in [2.75, 3.05) is 25.1 Å². The largest absolute Gasteiger partial charge is 0.497 e. The lowest BCUT2D eigenvalue weighted by molar-refractivity contribution is 0.0983. The topological polar surface area (TPSA) is 49.9 Å². The number of amides is 3. The first-order chi connectivity index (χ1) is 12.6. The van der Waals surface area contributed by atoms with Crippen LogP contribution in [0.25, 0.3) is 0 Å². The van der Waals surface area contributed by atoms with Crippen molar-refractivity contribution < 1.29 is 14.3 Å². The quantitative estimate of drug-likeness (QED) is 0.829. The molecule has 2 aromatic rings. The van der Waals surface area contributed by atoms with Gasteiger partial charge in [-0.05, 0) is 56.5 Å². The van der Waals surface area contributed by atoms with Gasteiger partial charge in [0, 0.05) is 18.7 Å². The Kier molecular flexibility index (Phi) is 5.56. The van der Waals surface area contributed by atoms with Gasteiger partial charge in [-0.2, -0.15) is 0 Å². The molecule has 1 fully saturated rings. The van der Waals surface area contributed by atoms with Crippen molar-refractivity contribution in [3.8, 4) is 5.75 Å². The van der Waals surface area contributed by atoms with Gasteiger partial charge in [-0.25, -0.2) is 9.69 Å². The Hall–Kier alpha value is -2.82. The Bertz CT molecular complexity index is 780. The highest BCUT2D eigenvalue weighted by Gasteiger charge is 2.30. The molecule has 1 heterocycles. The number of anilines is 1. The van der Waals surface area contributed by atoms with Gasteiger partial charge in [0.1, 0.15) is 5.75 Å². The molecule has 0 aliphatic carbocycles. The van der Waals surface area contributed by atoms with Crippen LogP contribution < -0.4 is 9.64 Å². The van der Waals surface area contributed by atoms with Crippen molar-refractivity contribution in [3.63, 3.8) is 0 Å². The summed E-state index contributed by atoms with van der Waals surface area (Å²) < 4.78 is 5.22. The lowest BCUT2D eigenvalue weighted by Crippen LogP contribution is -2.48. The second kappa shape index (κ2) is 8.04. The SMILES string of the molecule is COc1cccc(C(=O)N(C(=O)N2CCCCC2)c2ccc(C)cc2)c1. The molecular formula is C21H24N2O3. The smallest absolute Gasteiger partial charge is 0.331 e. The molecular weight excluding hydrogens is 328 g/mol. The number of piperidine rings is 1. The fraction of sp³-hybridized carbons (Fsp3) is 0.333. The maximum atomic E-state index is 13.2. The molecule has 3 rings (SSSR count). The predicted molar refractivity (Wildman–Crippen MR) is 102 cm³/mol. The summed E-state index contributed by atoms with van der Waals surface area (Å²) in [5.74, 6) is 0.244. The Morgan fingerprint density at radius 1 is 1.00 bits per heavy atom. The van der Waals surface area contributed by atoms with Crippen LogP contribution in [0.15, 0.2) is 48.5 Å². The highest BCUT2D eigenvalue weighted by atomic mass is 16.5. The number of benzene rings is 2. The Labute approximate surface area is 154 Å². The molecule has 1 saturated heterocycles. The molecule has 0 unspecified atom stereocenters. The van der Waals surface area contributed by atoms with Crippen LogP contribution in [0, 0.1) is 6.92 Å². The molecule has 3 amide bonds. The number of carbonyl (C=O) groups excluding carboxylic acids is 2. The molecule has 0 atom stereocenters. The van der Waals surface area contributed by atoms with Crippen LogP contribution in [0.1, 0.15) is 35.2 Å². The number of likely N-dealkylation sites (tertiary alicyclic amines) is 1. The summed E-state index contributed by atoms with van der Waals surface area (Å²) in [5, 5.41) is 0. The molecule has 0 spiro atoms. The lowest BCUT2D eigenvalue weighted by atomic mass is 10.1. The van der Waals surface area contributed by atoms with Crippen LogP contribution >= 0.6 is 0 Å². The summed E-state index contributed by atoms with van der Waals surface area (Å²) in [4.78, 5) is 29.4. The molecule has 1 aliphatic rings. The van der Waals surface area contributed by atoms with E-state index in [1.165, 1.54) is 4.90 Å². The zero-order chi connectivity index (χ0) is 18.5. The van der Waals surface area contributed by atoms with Gasteiger partial charge < -0.3 is 9.64 Å². The average Bonchev–Trinajstić information content (AvgIpc) is 2.70. The minimum atomic E-state index is -0.344. The molecule has 0 N–H and O–H groups in total. The zero-order valence-electron chi connectivity index (χ0n) is 15.3. The van der Waals surface area contributed by atoms with Crippen molar-refractivity contribution in [1.29, 1.82) is 0 Å². The summed E-state index contributed by atoms with van der Waals surface area (Å²) in [6.45, 7) is 3.35. The number of hydrogen-bond acceptors (Lipinski definition) is 3. The fourth-order valence-electron chi connectivity index (χ4n) is 3.12. The van der Waals surface area contributed by atoms with Crippen molar-refractivity contribution in [2.24, 2.45) is 0 Å². The number of hydrogen-bond donors (Lipinski definition) is 0. The van der Waals surface area contributed by atoms with E-state index in [2.05, 4.69) is 0 Å². The summed E-state index contributed by atoms with van der Waals surface area (Å²) in [6, 6.07) is 14.1. The van der Waals surface area contributed by atoms with E-state index in [1.807, 2.05) is 31.2 Å². The third-order valence-corrected chi connectivity index (χ3v) is 4.63. The first-order valence-corrected chi connectivity index (χ1v) is 8.94. The van der Waals surface area contributed by atoms with Gasteiger partial charge in [-0.1, -0.05) is 23.8 Å². The van der Waals surface area contributed by atoms with E-state index in [0.717, 1.165) is 24.8 Å². The number of rotatable bonds is 3. The third kappa shape index (κ3) is 3.87. The number of aryl methyl sites for hydroxylation is 1. The summed E-state index contributed by atoms with van der Waals surface area (Å²) >= 11 is 0. The van der Waals surface area contributed by atoms with Crippen molar-refractivity contribution >= 4 is 17.6 Å². The average molecular weight is 352 g/mol. The van der Waals surface area contributed by atoms with Crippen molar-refractivity contribution in [1.82, 2.24) is 4.90 Å². The maximum absolute atomic E-state index is 13.2. The van der Waals surface area contributed by atoms with Gasteiger partial charge in [0.05, 0.1) is 12.8 Å². The molecule has 5 heteroatoms. The van der Waals surface area contributed by atoms with Crippen molar-refractivity contribution in [2.45, 2.75) is 26.2 Å². The number of methoxy groups -OCH3 is 1. The summed E-state index contributed by atoms with van der Waals surface area (Å²) in [6.07, 6.45) is 3.07. The van der Waals surface area contributed by atoms with E-state index in [-0.39, 0.29) is 11.9 Å². The minimum Gasteiger partial charge on any atom is -0.497 e. The highest BCUT2D eigenvalue weighted by molar-refractivity contribution is 6.20. The van der Waals surface area contributed by atoms with Gasteiger partial charge >= 0.3 is 6.03 Å². The number of carbonyl (C=O) groups is 2. The normalized spacial score (nSPS) is 14.0. The number of urea groups is 1. The Morgan fingerprint density at radius 2 is 1.69 bits per heavy atom. The molecule has 2 aromatic carbocycles. The summed E-state index contributed by atoms with van der Waals surface area (Å²) in [5.41, 5.74) is 2.09. The van der Waals surface area contributed by atoms with E-state index in [0.29, 0.717) is 30.1 Å². The van der Waals surface area contributed by atoms with Gasteiger partial charge in [0.2, 0.25) is 0 Å². The van der Waals surface area contributed by atoms with Crippen LogP contribution in [-0.4, -0.2) is 37.0 Å². The molecule has 136 valence electrons.